The number of aryl methyl sites for hydroxylation is 1. The number of hydrogen-bond acceptors (Lipinski definition) is 7. The van der Waals surface area contributed by atoms with Gasteiger partial charge in [0.05, 0.1) is 10.8 Å². The molecule has 2 amide bonds. The van der Waals surface area contributed by atoms with Crippen LogP contribution in [0.4, 0.5) is 0 Å². The molecule has 0 N–H and O–H groups in total. The molecule has 0 radical (unpaired) electrons. The number of amides is 2. The van der Waals surface area contributed by atoms with E-state index in [0.717, 1.165) is 63.3 Å². The van der Waals surface area contributed by atoms with Crippen LogP contribution in [-0.2, 0) is 16.0 Å². The third kappa shape index (κ3) is 4.73. The molecule has 8 nitrogen and oxygen atoms in total. The summed E-state index contributed by atoms with van der Waals surface area (Å²) in [6.07, 6.45) is 6.72. The Kier molecular flexibility index (Phi) is 6.54. The molecular weight excluding hydrogens is 426 g/mol. The first kappa shape index (κ1) is 21.6. The lowest BCUT2D eigenvalue weighted by molar-refractivity contribution is -0.137. The molecule has 2 aromatic rings. The predicted octanol–water partition coefficient (Wildman–Crippen LogP) is 2.67. The lowest BCUT2D eigenvalue weighted by Gasteiger charge is -2.36. The monoisotopic (exact) mass is 457 g/mol. The van der Waals surface area contributed by atoms with Crippen molar-refractivity contribution in [2.45, 2.75) is 51.0 Å². The van der Waals surface area contributed by atoms with Crippen molar-refractivity contribution in [3.05, 3.63) is 23.4 Å². The van der Waals surface area contributed by atoms with Crippen molar-refractivity contribution >= 4 is 23.2 Å². The van der Waals surface area contributed by atoms with Gasteiger partial charge in [-0.2, -0.15) is 4.98 Å². The number of likely N-dealkylation sites (tertiary alicyclic amines) is 1. The average Bonchev–Trinajstić information content (AvgIpc) is 3.61. The van der Waals surface area contributed by atoms with Crippen molar-refractivity contribution in [1.29, 1.82) is 0 Å². The van der Waals surface area contributed by atoms with Crippen LogP contribution in [0, 0.1) is 5.92 Å². The molecule has 2 aromatic heterocycles. The van der Waals surface area contributed by atoms with Crippen molar-refractivity contribution in [2.24, 2.45) is 5.92 Å². The number of carbonyl (C=O) groups excluding carboxylic acids is 2. The maximum atomic E-state index is 13.0. The van der Waals surface area contributed by atoms with Crippen LogP contribution in [0.5, 0.6) is 0 Å². The second-order valence-electron chi connectivity index (χ2n) is 9.14. The zero-order valence-electron chi connectivity index (χ0n) is 18.4. The third-order valence-corrected chi connectivity index (χ3v) is 7.90. The summed E-state index contributed by atoms with van der Waals surface area (Å²) < 4.78 is 5.38. The van der Waals surface area contributed by atoms with Crippen LogP contribution in [0.15, 0.2) is 22.0 Å². The molecule has 1 aliphatic carbocycles. The zero-order valence-corrected chi connectivity index (χ0v) is 19.3. The summed E-state index contributed by atoms with van der Waals surface area (Å²) in [5, 5.41) is 6.07. The molecule has 9 heteroatoms. The Morgan fingerprint density at radius 3 is 2.75 bits per heavy atom. The number of piperazine rings is 1. The average molecular weight is 458 g/mol. The molecule has 3 fully saturated rings. The van der Waals surface area contributed by atoms with Crippen LogP contribution in [0.3, 0.4) is 0 Å². The zero-order chi connectivity index (χ0) is 21.9. The summed E-state index contributed by atoms with van der Waals surface area (Å²) in [5.74, 6) is 1.55. The largest absolute Gasteiger partial charge is 0.340 e. The van der Waals surface area contributed by atoms with E-state index >= 15 is 0 Å². The summed E-state index contributed by atoms with van der Waals surface area (Å²) in [4.78, 5) is 37.3. The Morgan fingerprint density at radius 2 is 2.00 bits per heavy atom. The molecular formula is C23H31N5O3S. The Morgan fingerprint density at radius 1 is 1.19 bits per heavy atom. The lowest BCUT2D eigenvalue weighted by atomic mass is 10.1. The second kappa shape index (κ2) is 9.70. The molecule has 1 saturated carbocycles. The Labute approximate surface area is 192 Å². The van der Waals surface area contributed by atoms with Gasteiger partial charge in [-0.15, -0.1) is 11.3 Å². The number of rotatable bonds is 7. The molecule has 5 rings (SSSR count). The van der Waals surface area contributed by atoms with Gasteiger partial charge in [0.1, 0.15) is 0 Å². The fourth-order valence-corrected chi connectivity index (χ4v) is 5.88. The van der Waals surface area contributed by atoms with Crippen molar-refractivity contribution in [2.75, 3.05) is 39.3 Å². The van der Waals surface area contributed by atoms with Crippen LogP contribution < -0.4 is 0 Å². The van der Waals surface area contributed by atoms with E-state index in [2.05, 4.69) is 15.0 Å². The summed E-state index contributed by atoms with van der Waals surface area (Å²) in [6.45, 7) is 4.83. The van der Waals surface area contributed by atoms with Gasteiger partial charge in [0.15, 0.2) is 0 Å². The van der Waals surface area contributed by atoms with E-state index < -0.39 is 0 Å². The highest BCUT2D eigenvalue weighted by molar-refractivity contribution is 7.13. The van der Waals surface area contributed by atoms with Gasteiger partial charge in [0, 0.05) is 51.6 Å². The molecule has 0 spiro atoms. The molecule has 0 bridgehead atoms. The first-order valence-electron chi connectivity index (χ1n) is 11.8. The molecule has 2 aliphatic heterocycles. The van der Waals surface area contributed by atoms with Crippen molar-refractivity contribution < 1.29 is 14.1 Å². The third-order valence-electron chi connectivity index (χ3n) is 7.03. The van der Waals surface area contributed by atoms with Crippen molar-refractivity contribution in [3.8, 4) is 10.7 Å². The first-order valence-corrected chi connectivity index (χ1v) is 12.7. The Balaban J connectivity index is 1.03. The second-order valence-corrected chi connectivity index (χ2v) is 10.1. The quantitative estimate of drug-likeness (QED) is 0.636. The lowest BCUT2D eigenvalue weighted by Crippen LogP contribution is -2.50. The highest BCUT2D eigenvalue weighted by Crippen LogP contribution is 2.30. The minimum atomic E-state index is -0.148. The molecule has 4 heterocycles. The van der Waals surface area contributed by atoms with E-state index in [1.54, 1.807) is 11.3 Å². The van der Waals surface area contributed by atoms with Crippen LogP contribution in [0.2, 0.25) is 0 Å². The minimum Gasteiger partial charge on any atom is -0.340 e. The predicted molar refractivity (Wildman–Crippen MR) is 121 cm³/mol. The molecule has 2 saturated heterocycles. The molecule has 32 heavy (non-hydrogen) atoms. The molecule has 1 atom stereocenters. The van der Waals surface area contributed by atoms with Crippen molar-refractivity contribution in [1.82, 2.24) is 24.8 Å². The Hall–Kier alpha value is -2.26. The highest BCUT2D eigenvalue weighted by Gasteiger charge is 2.40. The van der Waals surface area contributed by atoms with E-state index in [1.807, 2.05) is 27.3 Å². The number of nitrogens with zero attached hydrogens (tertiary/aromatic N) is 5. The van der Waals surface area contributed by atoms with Gasteiger partial charge >= 0.3 is 0 Å². The van der Waals surface area contributed by atoms with Gasteiger partial charge in [-0.1, -0.05) is 24.1 Å². The summed E-state index contributed by atoms with van der Waals surface area (Å²) in [7, 11) is 0. The van der Waals surface area contributed by atoms with E-state index in [-0.39, 0.29) is 17.7 Å². The van der Waals surface area contributed by atoms with Gasteiger partial charge in [0.2, 0.25) is 23.5 Å². The van der Waals surface area contributed by atoms with Crippen LogP contribution in [0.1, 0.15) is 44.4 Å². The first-order chi connectivity index (χ1) is 15.7. The van der Waals surface area contributed by atoms with E-state index in [9.17, 15) is 9.59 Å². The topological polar surface area (TPSA) is 82.8 Å². The number of carbonyl (C=O) groups is 2. The van der Waals surface area contributed by atoms with Gasteiger partial charge in [-0.25, -0.2) is 0 Å². The SMILES string of the molecule is O=C(C1CC(=O)N(C2CCCC2)C1)N1CCN(CCCc2nc(-c3cccs3)no2)CC1. The van der Waals surface area contributed by atoms with E-state index in [1.165, 1.54) is 12.8 Å². The van der Waals surface area contributed by atoms with Gasteiger partial charge in [0.25, 0.3) is 0 Å². The fourth-order valence-electron chi connectivity index (χ4n) is 5.23. The number of aromatic nitrogens is 2. The van der Waals surface area contributed by atoms with Crippen LogP contribution in [-0.4, -0.2) is 82.0 Å². The Bertz CT molecular complexity index is 916. The molecule has 3 aliphatic rings. The van der Waals surface area contributed by atoms with Gasteiger partial charge in [-0.05, 0) is 37.3 Å². The van der Waals surface area contributed by atoms with Crippen LogP contribution >= 0.6 is 11.3 Å². The van der Waals surface area contributed by atoms with E-state index in [0.29, 0.717) is 30.7 Å². The normalized spacial score (nSPS) is 22.9. The fraction of sp³-hybridized carbons (Fsp3) is 0.652. The maximum absolute atomic E-state index is 13.0. The standard InChI is InChI=1S/C23H31N5O3S/c29-21-15-17(16-28(21)18-5-1-2-6-18)23(30)27-12-10-26(11-13-27)9-3-8-20-24-22(25-31-20)19-7-4-14-32-19/h4,7,14,17-18H,1-3,5-6,8-13,15-16H2. The number of hydrogen-bond donors (Lipinski definition) is 0. The smallest absolute Gasteiger partial charge is 0.228 e. The number of thiophene rings is 1. The summed E-state index contributed by atoms with van der Waals surface area (Å²) in [5.41, 5.74) is 0. The minimum absolute atomic E-state index is 0.148. The van der Waals surface area contributed by atoms with Crippen molar-refractivity contribution in [3.63, 3.8) is 0 Å². The van der Waals surface area contributed by atoms with Gasteiger partial charge in [-0.3, -0.25) is 14.5 Å². The summed E-state index contributed by atoms with van der Waals surface area (Å²) >= 11 is 1.61. The summed E-state index contributed by atoms with van der Waals surface area (Å²) in [6, 6.07) is 4.35. The molecule has 172 valence electrons. The molecule has 1 unspecified atom stereocenters. The van der Waals surface area contributed by atoms with Gasteiger partial charge < -0.3 is 14.3 Å². The van der Waals surface area contributed by atoms with Crippen LogP contribution in [0.25, 0.3) is 10.7 Å². The molecule has 0 aromatic carbocycles. The highest BCUT2D eigenvalue weighted by atomic mass is 32.1. The maximum Gasteiger partial charge on any atom is 0.228 e. The van der Waals surface area contributed by atoms with E-state index in [4.69, 9.17) is 4.52 Å².